The average Bonchev–Trinajstić information content (AvgIpc) is 3.31. The zero-order valence-electron chi connectivity index (χ0n) is 14.7. The van der Waals surface area contributed by atoms with Crippen molar-refractivity contribution in [3.63, 3.8) is 0 Å². The largest absolute Gasteiger partial charge is 0.389 e. The van der Waals surface area contributed by atoms with Gasteiger partial charge in [-0.3, -0.25) is 0 Å². The van der Waals surface area contributed by atoms with E-state index in [1.165, 1.54) is 0 Å². The van der Waals surface area contributed by atoms with Gasteiger partial charge in [0.05, 0.1) is 6.42 Å². The molecule has 26 heavy (non-hydrogen) atoms. The Hall–Kier alpha value is -2.23. The normalized spacial score (nSPS) is 16.2. The van der Waals surface area contributed by atoms with Crippen molar-refractivity contribution in [2.75, 3.05) is 0 Å². The number of alkyl halides is 3. The third-order valence-electron chi connectivity index (χ3n) is 5.26. The average molecular weight is 357 g/mol. The predicted octanol–water partition coefficient (Wildman–Crippen LogP) is 6.98. The zero-order chi connectivity index (χ0) is 18.3. The van der Waals surface area contributed by atoms with Gasteiger partial charge in [0.2, 0.25) is 0 Å². The summed E-state index contributed by atoms with van der Waals surface area (Å²) >= 11 is 0. The molecule has 1 fully saturated rings. The van der Waals surface area contributed by atoms with Crippen molar-refractivity contribution in [1.82, 2.24) is 4.98 Å². The highest BCUT2D eigenvalue weighted by atomic mass is 19.4. The molecule has 1 saturated carbocycles. The number of rotatable bonds is 5. The van der Waals surface area contributed by atoms with Crippen LogP contribution in [-0.4, -0.2) is 11.2 Å². The topological polar surface area (TPSA) is 15.8 Å². The van der Waals surface area contributed by atoms with Crippen molar-refractivity contribution in [3.8, 4) is 11.3 Å². The zero-order valence-corrected chi connectivity index (χ0v) is 14.7. The Morgan fingerprint density at radius 3 is 2.46 bits per heavy atom. The second-order valence-corrected chi connectivity index (χ2v) is 7.52. The Morgan fingerprint density at radius 2 is 1.81 bits per heavy atom. The lowest BCUT2D eigenvalue weighted by molar-refractivity contribution is -0.139. The van der Waals surface area contributed by atoms with E-state index in [1.54, 1.807) is 0 Å². The molecule has 1 aliphatic carbocycles. The molecule has 1 aliphatic rings. The first-order valence-electron chi connectivity index (χ1n) is 9.15. The van der Waals surface area contributed by atoms with E-state index < -0.39 is 18.5 Å². The molecule has 0 amide bonds. The number of nitrogens with one attached hydrogen (secondary N) is 1. The Labute approximate surface area is 151 Å². The van der Waals surface area contributed by atoms with Gasteiger partial charge >= 0.3 is 6.18 Å². The van der Waals surface area contributed by atoms with Gasteiger partial charge in [-0.1, -0.05) is 55.3 Å². The maximum Gasteiger partial charge on any atom is 0.389 e. The summed E-state index contributed by atoms with van der Waals surface area (Å²) in [5, 5.41) is 0.921. The third kappa shape index (κ3) is 3.64. The fourth-order valence-electron chi connectivity index (χ4n) is 3.93. The number of H-pyrrole nitrogens is 1. The van der Waals surface area contributed by atoms with E-state index in [1.807, 2.05) is 55.5 Å². The van der Waals surface area contributed by atoms with Crippen LogP contribution in [0.2, 0.25) is 0 Å². The first-order valence-corrected chi connectivity index (χ1v) is 9.15. The molecule has 3 aromatic rings. The number of hydrogen-bond donors (Lipinski definition) is 1. The van der Waals surface area contributed by atoms with Crippen molar-refractivity contribution >= 4 is 10.9 Å². The van der Waals surface area contributed by atoms with Gasteiger partial charge in [0.1, 0.15) is 0 Å². The molecule has 1 atom stereocenters. The van der Waals surface area contributed by atoms with Gasteiger partial charge in [-0.05, 0) is 47.9 Å². The van der Waals surface area contributed by atoms with E-state index in [4.69, 9.17) is 0 Å². The summed E-state index contributed by atoms with van der Waals surface area (Å²) in [7, 11) is 0. The van der Waals surface area contributed by atoms with Gasteiger partial charge in [-0.2, -0.15) is 13.2 Å². The number of benzene rings is 2. The monoisotopic (exact) mass is 357 g/mol. The molecular weight excluding hydrogens is 335 g/mol. The maximum absolute atomic E-state index is 13.4. The van der Waals surface area contributed by atoms with Gasteiger partial charge in [-0.25, -0.2) is 0 Å². The molecular formula is C22H22F3N. The van der Waals surface area contributed by atoms with Crippen molar-refractivity contribution in [3.05, 3.63) is 59.7 Å². The van der Waals surface area contributed by atoms with Crippen LogP contribution in [0.4, 0.5) is 13.2 Å². The molecule has 0 radical (unpaired) electrons. The SMILES string of the molecule is Cc1ccc2c([C@@H](CC3CC3)CC(F)(F)F)c(-c3ccccc3)[nH]c2c1. The Balaban J connectivity index is 1.89. The number of aryl methyl sites for hydroxylation is 1. The van der Waals surface area contributed by atoms with Crippen LogP contribution >= 0.6 is 0 Å². The highest BCUT2D eigenvalue weighted by molar-refractivity contribution is 5.91. The van der Waals surface area contributed by atoms with Crippen molar-refractivity contribution < 1.29 is 13.2 Å². The Kier molecular flexibility index (Phi) is 4.29. The van der Waals surface area contributed by atoms with Crippen LogP contribution in [0.25, 0.3) is 22.2 Å². The van der Waals surface area contributed by atoms with Crippen molar-refractivity contribution in [1.29, 1.82) is 0 Å². The van der Waals surface area contributed by atoms with E-state index in [-0.39, 0.29) is 0 Å². The minimum atomic E-state index is -4.16. The van der Waals surface area contributed by atoms with Gasteiger partial charge < -0.3 is 4.98 Å². The molecule has 0 aliphatic heterocycles. The Bertz CT molecular complexity index is 904. The van der Waals surface area contributed by atoms with Crippen LogP contribution in [0.5, 0.6) is 0 Å². The number of halogens is 3. The molecule has 1 N–H and O–H groups in total. The van der Waals surface area contributed by atoms with E-state index in [0.717, 1.165) is 46.1 Å². The first-order chi connectivity index (χ1) is 12.4. The van der Waals surface area contributed by atoms with Crippen LogP contribution < -0.4 is 0 Å². The predicted molar refractivity (Wildman–Crippen MR) is 99.2 cm³/mol. The van der Waals surface area contributed by atoms with Gasteiger partial charge in [-0.15, -0.1) is 0 Å². The maximum atomic E-state index is 13.4. The Morgan fingerprint density at radius 1 is 1.08 bits per heavy atom. The molecule has 0 bridgehead atoms. The first kappa shape index (κ1) is 17.2. The van der Waals surface area contributed by atoms with E-state index >= 15 is 0 Å². The lowest BCUT2D eigenvalue weighted by Crippen LogP contribution is -2.15. The summed E-state index contributed by atoms with van der Waals surface area (Å²) in [6.45, 7) is 2.00. The molecule has 2 aromatic carbocycles. The molecule has 136 valence electrons. The molecule has 4 heteroatoms. The molecule has 0 saturated heterocycles. The molecule has 4 rings (SSSR count). The minimum absolute atomic E-state index is 0.432. The van der Waals surface area contributed by atoms with E-state index in [0.29, 0.717) is 12.3 Å². The van der Waals surface area contributed by atoms with Gasteiger partial charge in [0.25, 0.3) is 0 Å². The summed E-state index contributed by atoms with van der Waals surface area (Å²) < 4.78 is 40.1. The molecule has 1 heterocycles. The quantitative estimate of drug-likeness (QED) is 0.507. The lowest BCUT2D eigenvalue weighted by atomic mass is 9.86. The lowest BCUT2D eigenvalue weighted by Gasteiger charge is -2.20. The van der Waals surface area contributed by atoms with Crippen molar-refractivity contribution in [2.45, 2.75) is 44.7 Å². The molecule has 0 unspecified atom stereocenters. The number of hydrogen-bond acceptors (Lipinski definition) is 0. The summed E-state index contributed by atoms with van der Waals surface area (Å²) in [4.78, 5) is 3.41. The van der Waals surface area contributed by atoms with Crippen LogP contribution in [0.3, 0.4) is 0 Å². The summed E-state index contributed by atoms with van der Waals surface area (Å²) in [6.07, 6.45) is -2.21. The summed E-state index contributed by atoms with van der Waals surface area (Å²) in [5.41, 5.74) is 4.62. The van der Waals surface area contributed by atoms with Crippen molar-refractivity contribution in [2.24, 2.45) is 5.92 Å². The molecule has 0 spiro atoms. The minimum Gasteiger partial charge on any atom is -0.354 e. The number of aromatic nitrogens is 1. The van der Waals surface area contributed by atoms with Crippen LogP contribution in [0, 0.1) is 12.8 Å². The highest BCUT2D eigenvalue weighted by Gasteiger charge is 2.38. The fraction of sp³-hybridized carbons (Fsp3) is 0.364. The smallest absolute Gasteiger partial charge is 0.354 e. The van der Waals surface area contributed by atoms with Gasteiger partial charge in [0.15, 0.2) is 0 Å². The molecule has 1 nitrogen and oxygen atoms in total. The van der Waals surface area contributed by atoms with Crippen LogP contribution in [-0.2, 0) is 0 Å². The van der Waals surface area contributed by atoms with E-state index in [9.17, 15) is 13.2 Å². The number of fused-ring (bicyclic) bond motifs is 1. The van der Waals surface area contributed by atoms with Crippen LogP contribution in [0.15, 0.2) is 48.5 Å². The summed E-state index contributed by atoms with van der Waals surface area (Å²) in [6, 6.07) is 15.7. The summed E-state index contributed by atoms with van der Waals surface area (Å²) in [5.74, 6) is -0.0736. The highest BCUT2D eigenvalue weighted by Crippen LogP contribution is 2.47. The fourth-order valence-corrected chi connectivity index (χ4v) is 3.93. The van der Waals surface area contributed by atoms with Gasteiger partial charge in [0, 0.05) is 16.6 Å². The second kappa shape index (κ2) is 6.49. The second-order valence-electron chi connectivity index (χ2n) is 7.52. The standard InChI is InChI=1S/C22H22F3N/c1-14-7-10-18-19(11-14)26-21(16-5-3-2-4-6-16)20(18)17(12-15-8-9-15)13-22(23,24)25/h2-7,10-11,15,17,26H,8-9,12-13H2,1H3/t17-/m0/s1. The number of aromatic amines is 1. The van der Waals surface area contributed by atoms with E-state index in [2.05, 4.69) is 4.98 Å². The van der Waals surface area contributed by atoms with Crippen LogP contribution in [0.1, 0.15) is 42.7 Å². The third-order valence-corrected chi connectivity index (χ3v) is 5.26. The molecule has 1 aromatic heterocycles.